The van der Waals surface area contributed by atoms with Gasteiger partial charge in [-0.05, 0) is 55.3 Å². The quantitative estimate of drug-likeness (QED) is 0.258. The van der Waals surface area contributed by atoms with Crippen molar-refractivity contribution < 1.29 is 22.7 Å². The minimum Gasteiger partial charge on any atom is -0.486 e. The van der Waals surface area contributed by atoms with Crippen molar-refractivity contribution in [1.82, 2.24) is 19.1 Å². The SMILES string of the molecule is C=CCn1c(COc2ccc(CC)cc2)nnc1SC(C)C(=O)Nc1ccc(S(=O)(=O)N2CCOCC2)cc1. The zero-order valence-electron chi connectivity index (χ0n) is 22.1. The van der Waals surface area contributed by atoms with Crippen LogP contribution in [0.3, 0.4) is 0 Å². The third-order valence-electron chi connectivity index (χ3n) is 6.19. The first-order chi connectivity index (χ1) is 18.8. The zero-order chi connectivity index (χ0) is 27.8. The molecule has 1 aliphatic heterocycles. The molecule has 1 aromatic heterocycles. The predicted octanol–water partition coefficient (Wildman–Crippen LogP) is 3.75. The summed E-state index contributed by atoms with van der Waals surface area (Å²) in [6.45, 7) is 9.80. The molecule has 0 radical (unpaired) electrons. The number of benzene rings is 2. The predicted molar refractivity (Wildman–Crippen MR) is 150 cm³/mol. The summed E-state index contributed by atoms with van der Waals surface area (Å²) in [6.07, 6.45) is 2.70. The molecule has 10 nitrogen and oxygen atoms in total. The number of thioether (sulfide) groups is 1. The second-order valence-electron chi connectivity index (χ2n) is 8.87. The summed E-state index contributed by atoms with van der Waals surface area (Å²) >= 11 is 1.27. The van der Waals surface area contributed by atoms with Gasteiger partial charge in [0.1, 0.15) is 12.4 Å². The van der Waals surface area contributed by atoms with Crippen LogP contribution < -0.4 is 10.1 Å². The molecule has 0 spiro atoms. The van der Waals surface area contributed by atoms with Gasteiger partial charge in [0.25, 0.3) is 0 Å². The van der Waals surface area contributed by atoms with Crippen LogP contribution in [-0.2, 0) is 39.1 Å². The first-order valence-corrected chi connectivity index (χ1v) is 15.0. The zero-order valence-corrected chi connectivity index (χ0v) is 23.7. The number of hydrogen-bond acceptors (Lipinski definition) is 8. The van der Waals surface area contributed by atoms with Crippen molar-refractivity contribution >= 4 is 33.4 Å². The number of nitrogens with one attached hydrogen (secondary N) is 1. The number of carbonyl (C=O) groups excluding carboxylic acids is 1. The second kappa shape index (κ2) is 13.2. The monoisotopic (exact) mass is 571 g/mol. The lowest BCUT2D eigenvalue weighted by Gasteiger charge is -2.26. The van der Waals surface area contributed by atoms with Gasteiger partial charge in [0, 0.05) is 25.3 Å². The topological polar surface area (TPSA) is 116 Å². The Morgan fingerprint density at radius 1 is 1.15 bits per heavy atom. The first-order valence-electron chi connectivity index (χ1n) is 12.7. The van der Waals surface area contributed by atoms with Gasteiger partial charge in [-0.25, -0.2) is 8.42 Å². The Kier molecular flexibility index (Phi) is 9.78. The van der Waals surface area contributed by atoms with E-state index in [1.54, 1.807) is 25.1 Å². The number of anilines is 1. The molecule has 39 heavy (non-hydrogen) atoms. The van der Waals surface area contributed by atoms with Gasteiger partial charge in [0.2, 0.25) is 15.9 Å². The number of hydrogen-bond donors (Lipinski definition) is 1. The van der Waals surface area contributed by atoms with Crippen LogP contribution in [0.4, 0.5) is 5.69 Å². The van der Waals surface area contributed by atoms with Gasteiger partial charge >= 0.3 is 0 Å². The Balaban J connectivity index is 1.36. The van der Waals surface area contributed by atoms with Crippen molar-refractivity contribution in [1.29, 1.82) is 0 Å². The van der Waals surface area contributed by atoms with Gasteiger partial charge < -0.3 is 14.8 Å². The van der Waals surface area contributed by atoms with Crippen molar-refractivity contribution in [3.05, 3.63) is 72.6 Å². The molecule has 0 bridgehead atoms. The minimum atomic E-state index is -3.60. The van der Waals surface area contributed by atoms with Gasteiger partial charge in [-0.3, -0.25) is 9.36 Å². The van der Waals surface area contributed by atoms with E-state index < -0.39 is 15.3 Å². The van der Waals surface area contributed by atoms with Crippen LogP contribution in [0, 0.1) is 0 Å². The van der Waals surface area contributed by atoms with Crippen LogP contribution in [0.1, 0.15) is 25.2 Å². The molecule has 1 fully saturated rings. The highest BCUT2D eigenvalue weighted by atomic mass is 32.2. The highest BCUT2D eigenvalue weighted by molar-refractivity contribution is 8.00. The normalized spacial score (nSPS) is 15.0. The summed E-state index contributed by atoms with van der Waals surface area (Å²) in [5, 5.41) is 11.5. The molecule has 1 aliphatic rings. The number of aryl methyl sites for hydroxylation is 1. The van der Waals surface area contributed by atoms with Gasteiger partial charge in [-0.2, -0.15) is 4.31 Å². The molecular weight excluding hydrogens is 538 g/mol. The number of nitrogens with zero attached hydrogens (tertiary/aromatic N) is 4. The van der Waals surface area contributed by atoms with E-state index in [2.05, 4.69) is 29.0 Å². The van der Waals surface area contributed by atoms with Crippen molar-refractivity contribution in [2.75, 3.05) is 31.6 Å². The summed E-state index contributed by atoms with van der Waals surface area (Å²) < 4.78 is 40.1. The summed E-state index contributed by atoms with van der Waals surface area (Å²) in [7, 11) is -3.60. The summed E-state index contributed by atoms with van der Waals surface area (Å²) in [5.74, 6) is 1.12. The molecular formula is C27H33N5O5S2. The summed E-state index contributed by atoms with van der Waals surface area (Å²) in [6, 6.07) is 14.1. The van der Waals surface area contributed by atoms with Crippen molar-refractivity contribution in [3.63, 3.8) is 0 Å². The Bertz CT molecular complexity index is 1370. The van der Waals surface area contributed by atoms with Crippen LogP contribution in [-0.4, -0.2) is 64.9 Å². The van der Waals surface area contributed by atoms with Crippen LogP contribution in [0.5, 0.6) is 5.75 Å². The third-order valence-corrected chi connectivity index (χ3v) is 9.18. The fourth-order valence-electron chi connectivity index (χ4n) is 3.90. The maximum atomic E-state index is 12.9. The third kappa shape index (κ3) is 7.27. The average molecular weight is 572 g/mol. The van der Waals surface area contributed by atoms with Crippen molar-refractivity contribution in [3.8, 4) is 5.75 Å². The number of rotatable bonds is 12. The number of aromatic nitrogens is 3. The minimum absolute atomic E-state index is 0.179. The van der Waals surface area contributed by atoms with E-state index in [0.717, 1.165) is 12.2 Å². The van der Waals surface area contributed by atoms with Crippen LogP contribution >= 0.6 is 11.8 Å². The van der Waals surface area contributed by atoms with Gasteiger partial charge in [0.15, 0.2) is 11.0 Å². The molecule has 2 aromatic carbocycles. The van der Waals surface area contributed by atoms with Gasteiger partial charge in [0.05, 0.1) is 23.4 Å². The smallest absolute Gasteiger partial charge is 0.243 e. The fraction of sp³-hybridized carbons (Fsp3) is 0.370. The van der Waals surface area contributed by atoms with Crippen molar-refractivity contribution in [2.24, 2.45) is 0 Å². The molecule has 0 saturated carbocycles. The van der Waals surface area contributed by atoms with Crippen LogP contribution in [0.15, 0.2) is 71.2 Å². The van der Waals surface area contributed by atoms with E-state index in [1.807, 2.05) is 28.8 Å². The van der Waals surface area contributed by atoms with E-state index in [4.69, 9.17) is 9.47 Å². The molecule has 3 aromatic rings. The Morgan fingerprint density at radius 3 is 2.49 bits per heavy atom. The number of sulfonamides is 1. The standard InChI is InChI=1S/C27H33N5O5S2/c1-4-14-32-25(19-37-23-10-6-21(5-2)7-11-23)29-30-27(32)38-20(3)26(33)28-22-8-12-24(13-9-22)39(34,35)31-15-17-36-18-16-31/h4,6-13,20H,1,5,14-19H2,2-3H3,(H,28,33). The summed E-state index contributed by atoms with van der Waals surface area (Å²) in [4.78, 5) is 13.1. The average Bonchev–Trinajstić information content (AvgIpc) is 3.33. The molecule has 1 N–H and O–H groups in total. The first kappa shape index (κ1) is 28.8. The molecule has 12 heteroatoms. The number of carbonyl (C=O) groups is 1. The molecule has 2 heterocycles. The Morgan fingerprint density at radius 2 is 1.85 bits per heavy atom. The molecule has 0 aliphatic carbocycles. The van der Waals surface area contributed by atoms with Crippen LogP contribution in [0.25, 0.3) is 0 Å². The van der Waals surface area contributed by atoms with E-state index in [0.29, 0.717) is 49.5 Å². The lowest BCUT2D eigenvalue weighted by atomic mass is 10.2. The van der Waals surface area contributed by atoms with Gasteiger partial charge in [-0.1, -0.05) is 36.9 Å². The molecule has 4 rings (SSSR count). The van der Waals surface area contributed by atoms with E-state index in [9.17, 15) is 13.2 Å². The molecule has 1 saturated heterocycles. The second-order valence-corrected chi connectivity index (χ2v) is 12.1. The Hall–Kier alpha value is -3.19. The lowest BCUT2D eigenvalue weighted by Crippen LogP contribution is -2.40. The highest BCUT2D eigenvalue weighted by Crippen LogP contribution is 2.25. The number of amides is 1. The maximum Gasteiger partial charge on any atom is 0.243 e. The fourth-order valence-corrected chi connectivity index (χ4v) is 6.18. The molecule has 1 unspecified atom stereocenters. The highest BCUT2D eigenvalue weighted by Gasteiger charge is 2.26. The van der Waals surface area contributed by atoms with Gasteiger partial charge in [-0.15, -0.1) is 16.8 Å². The summed E-state index contributed by atoms with van der Waals surface area (Å²) in [5.41, 5.74) is 1.74. The van der Waals surface area contributed by atoms with Crippen molar-refractivity contribution in [2.45, 2.75) is 48.7 Å². The van der Waals surface area contributed by atoms with E-state index in [1.165, 1.54) is 33.8 Å². The number of ether oxygens (including phenoxy) is 2. The molecule has 1 amide bonds. The largest absolute Gasteiger partial charge is 0.486 e. The number of morpholine rings is 1. The maximum absolute atomic E-state index is 12.9. The van der Waals surface area contributed by atoms with E-state index >= 15 is 0 Å². The number of allylic oxidation sites excluding steroid dienone is 1. The Labute approximate surface area is 233 Å². The molecule has 208 valence electrons. The van der Waals surface area contributed by atoms with E-state index in [-0.39, 0.29) is 17.4 Å². The van der Waals surface area contributed by atoms with Crippen LogP contribution in [0.2, 0.25) is 0 Å². The lowest BCUT2D eigenvalue weighted by molar-refractivity contribution is -0.115. The molecule has 1 atom stereocenters.